The lowest BCUT2D eigenvalue weighted by Gasteiger charge is -2.58. The van der Waals surface area contributed by atoms with Crippen molar-refractivity contribution in [3.8, 4) is 6.07 Å². The van der Waals surface area contributed by atoms with Gasteiger partial charge in [-0.3, -0.25) is 14.7 Å². The topological polar surface area (TPSA) is 69.5 Å². The molecule has 1 aromatic rings. The second kappa shape index (κ2) is 5.76. The summed E-state index contributed by atoms with van der Waals surface area (Å²) < 4.78 is 6.69. The first kappa shape index (κ1) is 17.6. The molecule has 1 saturated carbocycles. The van der Waals surface area contributed by atoms with Crippen LogP contribution in [-0.4, -0.2) is 52.7 Å². The number of aromatic nitrogens is 1. The summed E-state index contributed by atoms with van der Waals surface area (Å²) in [6.07, 6.45) is 5.60. The minimum Gasteiger partial charge on any atom is -0.375 e. The van der Waals surface area contributed by atoms with Crippen LogP contribution in [0.1, 0.15) is 45.2 Å². The number of hydrogen-bond donors (Lipinski definition) is 0. The van der Waals surface area contributed by atoms with Crippen molar-refractivity contribution in [2.24, 2.45) is 0 Å². The van der Waals surface area contributed by atoms with E-state index in [1.807, 2.05) is 24.8 Å². The smallest absolute Gasteiger partial charge is 0.239 e. The first-order valence-corrected chi connectivity index (χ1v) is 10.4. The number of hydrogen-bond acceptors (Lipinski definition) is 5. The van der Waals surface area contributed by atoms with E-state index in [4.69, 9.17) is 4.74 Å². The summed E-state index contributed by atoms with van der Waals surface area (Å²) >= 11 is 3.48. The number of fused-ring (bicyclic) bond motifs is 4. The van der Waals surface area contributed by atoms with Crippen LogP contribution in [0.5, 0.6) is 0 Å². The number of pyridine rings is 1. The van der Waals surface area contributed by atoms with Gasteiger partial charge in [0.05, 0.1) is 35.6 Å². The van der Waals surface area contributed by atoms with Crippen LogP contribution in [0.25, 0.3) is 0 Å². The lowest BCUT2D eigenvalue weighted by atomic mass is 9.69. The first-order valence-electron chi connectivity index (χ1n) is 9.65. The lowest BCUT2D eigenvalue weighted by Crippen LogP contribution is -2.70. The van der Waals surface area contributed by atoms with E-state index in [0.29, 0.717) is 18.9 Å². The van der Waals surface area contributed by atoms with Gasteiger partial charge < -0.3 is 9.64 Å². The highest BCUT2D eigenvalue weighted by atomic mass is 79.9. The van der Waals surface area contributed by atoms with E-state index < -0.39 is 11.0 Å². The molecule has 142 valence electrons. The van der Waals surface area contributed by atoms with Gasteiger partial charge in [-0.15, -0.1) is 0 Å². The number of anilines is 1. The molecule has 5 aliphatic rings. The average Bonchev–Trinajstić information content (AvgIpc) is 2.82. The van der Waals surface area contributed by atoms with Crippen LogP contribution >= 0.6 is 15.9 Å². The molecule has 1 unspecified atom stereocenters. The third-order valence-corrected chi connectivity index (χ3v) is 7.33. The monoisotopic (exact) mass is 430 g/mol. The maximum Gasteiger partial charge on any atom is 0.239 e. The second-order valence-electron chi connectivity index (χ2n) is 8.87. The van der Waals surface area contributed by atoms with E-state index in [0.717, 1.165) is 41.8 Å². The molecule has 1 amide bonds. The van der Waals surface area contributed by atoms with E-state index in [1.165, 1.54) is 0 Å². The van der Waals surface area contributed by atoms with Crippen molar-refractivity contribution >= 4 is 27.5 Å². The molecule has 6 rings (SSSR count). The Hall–Kier alpha value is -1.49. The minimum atomic E-state index is -0.626. The summed E-state index contributed by atoms with van der Waals surface area (Å²) in [5.74, 6) is 0.0862. The summed E-state index contributed by atoms with van der Waals surface area (Å²) in [6, 6.07) is 4.97. The number of nitrogens with zero attached hydrogens (tertiary/aromatic N) is 4. The Morgan fingerprint density at radius 2 is 2.11 bits per heavy atom. The molecule has 2 bridgehead atoms. The van der Waals surface area contributed by atoms with Crippen molar-refractivity contribution < 1.29 is 9.53 Å². The first-order chi connectivity index (χ1) is 12.9. The zero-order valence-electron chi connectivity index (χ0n) is 15.6. The van der Waals surface area contributed by atoms with Gasteiger partial charge in [-0.05, 0) is 48.7 Å². The second-order valence-corrected chi connectivity index (χ2v) is 9.78. The summed E-state index contributed by atoms with van der Waals surface area (Å²) in [5, 5.41) is 10.0. The number of ether oxygens (including phenoxy) is 1. The molecule has 0 N–H and O–H groups in total. The van der Waals surface area contributed by atoms with Crippen LogP contribution in [-0.2, 0) is 14.9 Å². The molecule has 7 heteroatoms. The van der Waals surface area contributed by atoms with Crippen molar-refractivity contribution in [1.82, 2.24) is 9.88 Å². The van der Waals surface area contributed by atoms with Gasteiger partial charge in [-0.25, -0.2) is 0 Å². The van der Waals surface area contributed by atoms with Crippen molar-refractivity contribution in [2.45, 2.75) is 68.7 Å². The number of halogens is 1. The maximum absolute atomic E-state index is 13.2. The van der Waals surface area contributed by atoms with Crippen LogP contribution < -0.4 is 4.90 Å². The summed E-state index contributed by atoms with van der Waals surface area (Å²) in [5.41, 5.74) is 0.624. The van der Waals surface area contributed by atoms with Gasteiger partial charge in [-0.1, -0.05) is 0 Å². The molecule has 0 spiro atoms. The highest BCUT2D eigenvalue weighted by molar-refractivity contribution is 9.10. The average molecular weight is 431 g/mol. The zero-order chi connectivity index (χ0) is 19.0. The van der Waals surface area contributed by atoms with Gasteiger partial charge in [0.1, 0.15) is 5.54 Å². The number of carbonyl (C=O) groups excluding carboxylic acids is 1. The molecule has 3 saturated heterocycles. The number of amides is 1. The third kappa shape index (κ3) is 2.36. The highest BCUT2D eigenvalue weighted by Crippen LogP contribution is 2.50. The number of carbonyl (C=O) groups is 1. The van der Waals surface area contributed by atoms with Gasteiger partial charge >= 0.3 is 0 Å². The summed E-state index contributed by atoms with van der Waals surface area (Å²) in [4.78, 5) is 22.0. The lowest BCUT2D eigenvalue weighted by molar-refractivity contribution is -0.149. The Kier molecular flexibility index (Phi) is 3.75. The predicted molar refractivity (Wildman–Crippen MR) is 103 cm³/mol. The molecule has 27 heavy (non-hydrogen) atoms. The zero-order valence-corrected chi connectivity index (χ0v) is 17.2. The molecule has 1 aromatic heterocycles. The maximum atomic E-state index is 13.2. The van der Waals surface area contributed by atoms with E-state index in [9.17, 15) is 10.1 Å². The fourth-order valence-corrected chi connectivity index (χ4v) is 5.65. The van der Waals surface area contributed by atoms with Gasteiger partial charge in [0.2, 0.25) is 5.91 Å². The van der Waals surface area contributed by atoms with E-state index >= 15 is 0 Å². The fourth-order valence-electron chi connectivity index (χ4n) is 5.34. The Labute approximate surface area is 167 Å². The van der Waals surface area contributed by atoms with Crippen molar-refractivity contribution in [1.29, 1.82) is 5.26 Å². The van der Waals surface area contributed by atoms with Crippen LogP contribution in [0.4, 0.5) is 5.69 Å². The molecule has 0 aromatic carbocycles. The molecule has 4 aliphatic heterocycles. The Morgan fingerprint density at radius 1 is 1.33 bits per heavy atom. The minimum absolute atomic E-state index is 0.0511. The normalized spacial score (nSPS) is 37.0. The molecule has 4 fully saturated rings. The van der Waals surface area contributed by atoms with Crippen LogP contribution in [0.15, 0.2) is 16.7 Å². The molecule has 6 nitrogen and oxygen atoms in total. The van der Waals surface area contributed by atoms with Crippen LogP contribution in [0.3, 0.4) is 0 Å². The third-order valence-electron chi connectivity index (χ3n) is 6.90. The van der Waals surface area contributed by atoms with Gasteiger partial charge in [-0.2, -0.15) is 5.26 Å². The number of morpholine rings is 1. The standard InChI is InChI=1S/C20H23BrN4O2/c1-19(2)17-16(5-12(21)8-23-17)25(18(19)26)14-6-20(7-14,11-22)24-9-15-4-3-13(24)10-27-15/h5,8,13-15H,3-4,6-7,9-10H2,1-2H3/t13?,14?,15-,20?/m0/s1. The molecule has 0 radical (unpaired) electrons. The van der Waals surface area contributed by atoms with Crippen molar-refractivity contribution in [3.63, 3.8) is 0 Å². The molecule has 2 atom stereocenters. The molecule has 5 heterocycles. The Bertz CT molecular complexity index is 850. The van der Waals surface area contributed by atoms with E-state index in [2.05, 4.69) is 31.9 Å². The Morgan fingerprint density at radius 3 is 2.70 bits per heavy atom. The number of nitriles is 1. The van der Waals surface area contributed by atoms with Crippen LogP contribution in [0, 0.1) is 11.3 Å². The Balaban J connectivity index is 1.43. The predicted octanol–water partition coefficient (Wildman–Crippen LogP) is 2.76. The SMILES string of the molecule is CC1(C)C(=O)N(C2CC(C#N)(N3C[C@@H]4CCC3CO4)C2)c2cc(Br)cnc21. The van der Waals surface area contributed by atoms with Crippen molar-refractivity contribution in [3.05, 3.63) is 22.4 Å². The highest BCUT2D eigenvalue weighted by Gasteiger charge is 2.59. The van der Waals surface area contributed by atoms with Crippen molar-refractivity contribution in [2.75, 3.05) is 18.1 Å². The largest absolute Gasteiger partial charge is 0.375 e. The van der Waals surface area contributed by atoms with E-state index in [-0.39, 0.29) is 18.1 Å². The quantitative estimate of drug-likeness (QED) is 0.721. The number of rotatable bonds is 2. The van der Waals surface area contributed by atoms with Gasteiger partial charge in [0, 0.05) is 42.1 Å². The molecule has 1 aliphatic carbocycles. The van der Waals surface area contributed by atoms with Gasteiger partial charge in [0.15, 0.2) is 0 Å². The summed E-state index contributed by atoms with van der Waals surface area (Å²) in [6.45, 7) is 5.45. The fraction of sp³-hybridized carbons (Fsp3) is 0.650. The summed E-state index contributed by atoms with van der Waals surface area (Å²) in [7, 11) is 0. The molecular formula is C20H23BrN4O2. The van der Waals surface area contributed by atoms with Crippen LogP contribution in [0.2, 0.25) is 0 Å². The van der Waals surface area contributed by atoms with E-state index in [1.54, 1.807) is 6.20 Å². The number of piperidine rings is 1. The van der Waals surface area contributed by atoms with Gasteiger partial charge in [0.25, 0.3) is 0 Å². The molecular weight excluding hydrogens is 408 g/mol.